The molecule has 4 heteroatoms. The van der Waals surface area contributed by atoms with Gasteiger partial charge in [-0.3, -0.25) is 0 Å². The highest BCUT2D eigenvalue weighted by Crippen LogP contribution is 2.19. The van der Waals surface area contributed by atoms with E-state index in [0.717, 1.165) is 22.9 Å². The summed E-state index contributed by atoms with van der Waals surface area (Å²) >= 11 is 0. The predicted molar refractivity (Wildman–Crippen MR) is 63.3 cm³/mol. The van der Waals surface area contributed by atoms with E-state index in [-0.39, 0.29) is 0 Å². The molecule has 0 unspecified atom stereocenters. The summed E-state index contributed by atoms with van der Waals surface area (Å²) in [6, 6.07) is 7.66. The molecule has 3 heterocycles. The minimum Gasteiger partial charge on any atom is -0.493 e. The second-order valence-electron chi connectivity index (χ2n) is 3.80. The number of ether oxygens (including phenoxy) is 1. The molecule has 0 radical (unpaired) electrons. The summed E-state index contributed by atoms with van der Waals surface area (Å²) in [5, 5.41) is 0. The van der Waals surface area contributed by atoms with Crippen LogP contribution in [0, 0.1) is 0 Å². The number of aromatic nitrogens is 2. The van der Waals surface area contributed by atoms with Gasteiger partial charge >= 0.3 is 0 Å². The highest BCUT2D eigenvalue weighted by molar-refractivity contribution is 5.54. The van der Waals surface area contributed by atoms with Crippen LogP contribution in [0.15, 0.2) is 47.3 Å². The lowest BCUT2D eigenvalue weighted by molar-refractivity contribution is 0.417. The van der Waals surface area contributed by atoms with Crippen LogP contribution in [0.5, 0.6) is 5.75 Å². The Kier molecular flexibility index (Phi) is 2.33. The maximum atomic E-state index is 5.31. The summed E-state index contributed by atoms with van der Waals surface area (Å²) in [5.41, 5.74) is 1.79. The number of methoxy groups -OCH3 is 1. The first kappa shape index (κ1) is 9.96. The highest BCUT2D eigenvalue weighted by atomic mass is 16.5. The molecule has 0 aliphatic heterocycles. The van der Waals surface area contributed by atoms with Crippen molar-refractivity contribution in [1.82, 2.24) is 9.38 Å². The molecular weight excluding hydrogens is 216 g/mol. The summed E-state index contributed by atoms with van der Waals surface area (Å²) < 4.78 is 12.5. The molecule has 0 amide bonds. The lowest BCUT2D eigenvalue weighted by Crippen LogP contribution is -1.88. The summed E-state index contributed by atoms with van der Waals surface area (Å²) in [5.74, 6) is 1.69. The molecule has 0 saturated heterocycles. The van der Waals surface area contributed by atoms with Crippen LogP contribution < -0.4 is 4.74 Å². The number of imidazole rings is 1. The van der Waals surface area contributed by atoms with Crippen molar-refractivity contribution < 1.29 is 9.15 Å². The third kappa shape index (κ3) is 1.78. The first-order valence-corrected chi connectivity index (χ1v) is 5.40. The lowest BCUT2D eigenvalue weighted by Gasteiger charge is -1.99. The fraction of sp³-hybridized carbons (Fsp3) is 0.154. The largest absolute Gasteiger partial charge is 0.493 e. The van der Waals surface area contributed by atoms with Crippen molar-refractivity contribution in [3.8, 4) is 5.75 Å². The zero-order valence-corrected chi connectivity index (χ0v) is 9.46. The number of rotatable bonds is 3. The van der Waals surface area contributed by atoms with Gasteiger partial charge in [0.15, 0.2) is 11.4 Å². The van der Waals surface area contributed by atoms with E-state index < -0.39 is 0 Å². The third-order valence-corrected chi connectivity index (χ3v) is 2.65. The topological polar surface area (TPSA) is 39.7 Å². The Morgan fingerprint density at radius 2 is 2.29 bits per heavy atom. The minimum absolute atomic E-state index is 0.692. The number of hydrogen-bond donors (Lipinski definition) is 0. The van der Waals surface area contributed by atoms with Crippen LogP contribution in [0.2, 0.25) is 0 Å². The van der Waals surface area contributed by atoms with Crippen molar-refractivity contribution in [1.29, 1.82) is 0 Å². The first-order valence-electron chi connectivity index (χ1n) is 5.40. The highest BCUT2D eigenvalue weighted by Gasteiger charge is 2.07. The number of hydrogen-bond acceptors (Lipinski definition) is 3. The fourth-order valence-electron chi connectivity index (χ4n) is 1.87. The molecule has 0 aliphatic carbocycles. The monoisotopic (exact) mass is 228 g/mol. The lowest BCUT2D eigenvalue weighted by atomic mass is 10.3. The van der Waals surface area contributed by atoms with Gasteiger partial charge in [0.2, 0.25) is 0 Å². The Hall–Kier alpha value is -2.23. The van der Waals surface area contributed by atoms with Crippen molar-refractivity contribution in [2.75, 3.05) is 7.11 Å². The summed E-state index contributed by atoms with van der Waals surface area (Å²) in [7, 11) is 1.65. The minimum atomic E-state index is 0.692. The molecule has 4 nitrogen and oxygen atoms in total. The van der Waals surface area contributed by atoms with Crippen LogP contribution in [-0.4, -0.2) is 16.5 Å². The second-order valence-corrected chi connectivity index (χ2v) is 3.80. The maximum Gasteiger partial charge on any atom is 0.179 e. The standard InChI is InChI=1S/C13H12N2O2/c1-16-12-5-2-6-15-9-10(14-13(12)15)8-11-4-3-7-17-11/h2-7,9H,8H2,1H3. The van der Waals surface area contributed by atoms with Gasteiger partial charge in [0, 0.05) is 18.8 Å². The van der Waals surface area contributed by atoms with E-state index in [1.807, 2.05) is 41.1 Å². The van der Waals surface area contributed by atoms with E-state index in [9.17, 15) is 0 Å². The van der Waals surface area contributed by atoms with Crippen molar-refractivity contribution in [2.45, 2.75) is 6.42 Å². The van der Waals surface area contributed by atoms with E-state index in [1.165, 1.54) is 0 Å². The molecule has 0 spiro atoms. The Balaban J connectivity index is 2.02. The molecule has 0 saturated carbocycles. The van der Waals surface area contributed by atoms with Crippen LogP contribution in [0.25, 0.3) is 5.65 Å². The van der Waals surface area contributed by atoms with Gasteiger partial charge in [0.1, 0.15) is 5.76 Å². The molecule has 0 fully saturated rings. The molecule has 0 aromatic carbocycles. The average molecular weight is 228 g/mol. The van der Waals surface area contributed by atoms with Gasteiger partial charge in [-0.05, 0) is 24.3 Å². The summed E-state index contributed by atoms with van der Waals surface area (Å²) in [6.45, 7) is 0. The van der Waals surface area contributed by atoms with Crippen LogP contribution >= 0.6 is 0 Å². The maximum absolute atomic E-state index is 5.31. The van der Waals surface area contributed by atoms with Gasteiger partial charge in [-0.15, -0.1) is 0 Å². The van der Waals surface area contributed by atoms with Crippen molar-refractivity contribution in [3.63, 3.8) is 0 Å². The van der Waals surface area contributed by atoms with Gasteiger partial charge in [-0.2, -0.15) is 0 Å². The van der Waals surface area contributed by atoms with Crippen LogP contribution in [-0.2, 0) is 6.42 Å². The molecule has 3 aromatic heterocycles. The van der Waals surface area contributed by atoms with E-state index >= 15 is 0 Å². The van der Waals surface area contributed by atoms with E-state index in [4.69, 9.17) is 9.15 Å². The Morgan fingerprint density at radius 1 is 1.35 bits per heavy atom. The number of nitrogens with zero attached hydrogens (tertiary/aromatic N) is 2. The molecule has 0 aliphatic rings. The molecule has 86 valence electrons. The molecule has 0 atom stereocenters. The molecule has 3 aromatic rings. The molecule has 0 bridgehead atoms. The second kappa shape index (κ2) is 3.97. The van der Waals surface area contributed by atoms with Gasteiger partial charge in [0.25, 0.3) is 0 Å². The molecule has 17 heavy (non-hydrogen) atoms. The van der Waals surface area contributed by atoms with Crippen molar-refractivity contribution in [3.05, 3.63) is 54.4 Å². The average Bonchev–Trinajstić information content (AvgIpc) is 2.97. The SMILES string of the molecule is COc1cccn2cc(Cc3ccco3)nc12. The Bertz CT molecular complexity index is 626. The molecule has 3 rings (SSSR count). The van der Waals surface area contributed by atoms with Crippen LogP contribution in [0.4, 0.5) is 0 Å². The number of fused-ring (bicyclic) bond motifs is 1. The third-order valence-electron chi connectivity index (χ3n) is 2.65. The van der Waals surface area contributed by atoms with E-state index in [1.54, 1.807) is 13.4 Å². The summed E-state index contributed by atoms with van der Waals surface area (Å²) in [4.78, 5) is 4.54. The van der Waals surface area contributed by atoms with Crippen molar-refractivity contribution in [2.24, 2.45) is 0 Å². The smallest absolute Gasteiger partial charge is 0.179 e. The number of furan rings is 1. The van der Waals surface area contributed by atoms with Crippen molar-refractivity contribution >= 4 is 5.65 Å². The van der Waals surface area contributed by atoms with E-state index in [0.29, 0.717) is 6.42 Å². The number of pyridine rings is 1. The normalized spacial score (nSPS) is 10.9. The first-order chi connectivity index (χ1) is 8.36. The van der Waals surface area contributed by atoms with E-state index in [2.05, 4.69) is 4.98 Å². The predicted octanol–water partition coefficient (Wildman–Crippen LogP) is 2.53. The Labute approximate surface area is 98.5 Å². The molecule has 0 N–H and O–H groups in total. The van der Waals surface area contributed by atoms with Gasteiger partial charge in [-0.1, -0.05) is 0 Å². The van der Waals surface area contributed by atoms with Gasteiger partial charge < -0.3 is 13.6 Å². The summed E-state index contributed by atoms with van der Waals surface area (Å²) in [6.07, 6.45) is 6.31. The fourth-order valence-corrected chi connectivity index (χ4v) is 1.87. The van der Waals surface area contributed by atoms with Gasteiger partial charge in [0.05, 0.1) is 19.1 Å². The van der Waals surface area contributed by atoms with Crippen LogP contribution in [0.3, 0.4) is 0 Å². The van der Waals surface area contributed by atoms with Crippen LogP contribution in [0.1, 0.15) is 11.5 Å². The Morgan fingerprint density at radius 3 is 3.06 bits per heavy atom. The zero-order chi connectivity index (χ0) is 11.7. The van der Waals surface area contributed by atoms with Gasteiger partial charge in [-0.25, -0.2) is 4.98 Å². The molecular formula is C13H12N2O2. The zero-order valence-electron chi connectivity index (χ0n) is 9.46. The quantitative estimate of drug-likeness (QED) is 0.691.